The van der Waals surface area contributed by atoms with Crippen LogP contribution in [-0.2, 0) is 6.42 Å². The lowest BCUT2D eigenvalue weighted by Crippen LogP contribution is -2.47. The van der Waals surface area contributed by atoms with Gasteiger partial charge in [0.25, 0.3) is 5.91 Å². The third-order valence-electron chi connectivity index (χ3n) is 6.95. The highest BCUT2D eigenvalue weighted by molar-refractivity contribution is 5.98. The van der Waals surface area contributed by atoms with Gasteiger partial charge < -0.3 is 10.2 Å². The van der Waals surface area contributed by atoms with Gasteiger partial charge in [-0.3, -0.25) is 14.7 Å². The van der Waals surface area contributed by atoms with Crippen LogP contribution in [0.2, 0.25) is 0 Å². The number of piperazine rings is 1. The Morgan fingerprint density at radius 3 is 2.65 bits per heavy atom. The van der Waals surface area contributed by atoms with Crippen LogP contribution in [0.25, 0.3) is 5.52 Å². The molecule has 1 aliphatic carbocycles. The lowest BCUT2D eigenvalue weighted by atomic mass is 9.93. The van der Waals surface area contributed by atoms with Gasteiger partial charge in [-0.1, -0.05) is 6.07 Å². The number of hydrogen-bond donors (Lipinski definition) is 1. The van der Waals surface area contributed by atoms with Crippen molar-refractivity contribution < 1.29 is 4.79 Å². The van der Waals surface area contributed by atoms with Gasteiger partial charge in [0, 0.05) is 43.5 Å². The van der Waals surface area contributed by atoms with Crippen molar-refractivity contribution in [2.45, 2.75) is 45.2 Å². The molecule has 31 heavy (non-hydrogen) atoms. The van der Waals surface area contributed by atoms with Crippen LogP contribution in [0.1, 0.15) is 51.9 Å². The molecule has 1 atom stereocenters. The predicted octanol–water partition coefficient (Wildman–Crippen LogP) is 2.66. The summed E-state index contributed by atoms with van der Waals surface area (Å²) in [5.41, 5.74) is 6.81. The second kappa shape index (κ2) is 7.05. The van der Waals surface area contributed by atoms with Crippen molar-refractivity contribution in [3.8, 4) is 0 Å². The Hall–Kier alpha value is -2.93. The van der Waals surface area contributed by atoms with E-state index in [1.54, 1.807) is 0 Å². The summed E-state index contributed by atoms with van der Waals surface area (Å²) in [4.78, 5) is 22.6. The Morgan fingerprint density at radius 2 is 1.87 bits per heavy atom. The molecule has 0 spiro atoms. The van der Waals surface area contributed by atoms with Crippen molar-refractivity contribution in [1.29, 1.82) is 0 Å². The zero-order chi connectivity index (χ0) is 21.1. The Morgan fingerprint density at radius 1 is 1.06 bits per heavy atom. The van der Waals surface area contributed by atoms with Crippen LogP contribution in [-0.4, -0.2) is 57.6 Å². The number of nitrogens with zero attached hydrogens (tertiary/aromatic N) is 5. The standard InChI is InChI=1S/C24H28N6O/c1-15-14-30-23(16(2)25-15)13-22(27-30)21-11-17-3-4-19(12-20(17)24(31)26-21)29-9-7-28(8-10-29)18-5-6-18/h3-4,12-14,18,21H,5-11H2,1-2H3,(H,26,31). The maximum Gasteiger partial charge on any atom is 0.252 e. The van der Waals surface area contributed by atoms with E-state index in [-0.39, 0.29) is 11.9 Å². The van der Waals surface area contributed by atoms with Crippen molar-refractivity contribution in [3.63, 3.8) is 0 Å². The predicted molar refractivity (Wildman–Crippen MR) is 120 cm³/mol. The molecule has 3 aromatic rings. The van der Waals surface area contributed by atoms with Crippen LogP contribution in [0.3, 0.4) is 0 Å². The first kappa shape index (κ1) is 18.8. The summed E-state index contributed by atoms with van der Waals surface area (Å²) in [6.07, 6.45) is 5.41. The highest BCUT2D eigenvalue weighted by atomic mass is 16.1. The van der Waals surface area contributed by atoms with Gasteiger partial charge in [-0.15, -0.1) is 0 Å². The van der Waals surface area contributed by atoms with E-state index >= 15 is 0 Å². The number of anilines is 1. The minimum absolute atomic E-state index is 0.00667. The van der Waals surface area contributed by atoms with E-state index in [1.807, 2.05) is 30.6 Å². The van der Waals surface area contributed by atoms with Gasteiger partial charge in [0.2, 0.25) is 0 Å². The molecule has 2 fully saturated rings. The number of rotatable bonds is 3. The molecule has 6 rings (SSSR count). The summed E-state index contributed by atoms with van der Waals surface area (Å²) in [6.45, 7) is 8.28. The minimum atomic E-state index is -0.118. The van der Waals surface area contributed by atoms with Crippen LogP contribution in [0.5, 0.6) is 0 Å². The molecule has 1 N–H and O–H groups in total. The number of amides is 1. The molecule has 160 valence electrons. The largest absolute Gasteiger partial charge is 0.369 e. The Balaban J connectivity index is 1.23. The number of carbonyl (C=O) groups is 1. The second-order valence-electron chi connectivity index (χ2n) is 9.19. The summed E-state index contributed by atoms with van der Waals surface area (Å²) >= 11 is 0. The summed E-state index contributed by atoms with van der Waals surface area (Å²) < 4.78 is 1.87. The summed E-state index contributed by atoms with van der Waals surface area (Å²) in [5, 5.41) is 7.91. The number of benzene rings is 1. The zero-order valence-electron chi connectivity index (χ0n) is 18.1. The van der Waals surface area contributed by atoms with Gasteiger partial charge in [0.1, 0.15) is 0 Å². The molecule has 2 aromatic heterocycles. The van der Waals surface area contributed by atoms with Gasteiger partial charge in [0.15, 0.2) is 0 Å². The number of carbonyl (C=O) groups excluding carboxylic acids is 1. The maximum absolute atomic E-state index is 13.0. The number of fused-ring (bicyclic) bond motifs is 2. The highest BCUT2D eigenvalue weighted by Crippen LogP contribution is 2.31. The first-order valence-corrected chi connectivity index (χ1v) is 11.3. The summed E-state index contributed by atoms with van der Waals surface area (Å²) in [6, 6.07) is 9.16. The number of hydrogen-bond acceptors (Lipinski definition) is 5. The van der Waals surface area contributed by atoms with E-state index in [2.05, 4.69) is 38.3 Å². The molecule has 4 heterocycles. The van der Waals surface area contributed by atoms with Crippen molar-refractivity contribution in [3.05, 3.63) is 58.7 Å². The third kappa shape index (κ3) is 3.37. The lowest BCUT2D eigenvalue weighted by Gasteiger charge is -2.36. The molecule has 1 aromatic carbocycles. The molecule has 1 saturated heterocycles. The molecule has 3 aliphatic rings. The average Bonchev–Trinajstić information content (AvgIpc) is 3.52. The van der Waals surface area contributed by atoms with Gasteiger partial charge in [0.05, 0.1) is 34.8 Å². The van der Waals surface area contributed by atoms with Crippen molar-refractivity contribution in [1.82, 2.24) is 24.8 Å². The smallest absolute Gasteiger partial charge is 0.252 e. The first-order valence-electron chi connectivity index (χ1n) is 11.3. The van der Waals surface area contributed by atoms with Gasteiger partial charge >= 0.3 is 0 Å². The van der Waals surface area contributed by atoms with Crippen molar-refractivity contribution >= 4 is 17.1 Å². The number of aromatic nitrogens is 3. The van der Waals surface area contributed by atoms with E-state index in [1.165, 1.54) is 12.8 Å². The molecule has 0 bridgehead atoms. The molecule has 7 heteroatoms. The van der Waals surface area contributed by atoms with Gasteiger partial charge in [-0.25, -0.2) is 4.52 Å². The van der Waals surface area contributed by atoms with E-state index < -0.39 is 0 Å². The normalized spacial score (nSPS) is 21.9. The second-order valence-corrected chi connectivity index (χ2v) is 9.19. The van der Waals surface area contributed by atoms with Gasteiger partial charge in [-0.05, 0) is 56.9 Å². The fourth-order valence-electron chi connectivity index (χ4n) is 5.10. The fraction of sp³-hybridized carbons (Fsp3) is 0.458. The first-order chi connectivity index (χ1) is 15.0. The number of aryl methyl sites for hydroxylation is 2. The lowest BCUT2D eigenvalue weighted by molar-refractivity contribution is 0.0924. The summed E-state index contributed by atoms with van der Waals surface area (Å²) in [5.74, 6) is -0.00667. The molecule has 1 saturated carbocycles. The molecule has 1 amide bonds. The zero-order valence-corrected chi connectivity index (χ0v) is 18.1. The van der Waals surface area contributed by atoms with Crippen molar-refractivity contribution in [2.24, 2.45) is 0 Å². The molecule has 7 nitrogen and oxygen atoms in total. The van der Waals surface area contributed by atoms with Gasteiger partial charge in [-0.2, -0.15) is 5.10 Å². The minimum Gasteiger partial charge on any atom is -0.369 e. The Kier molecular flexibility index (Phi) is 4.28. The fourth-order valence-corrected chi connectivity index (χ4v) is 5.10. The third-order valence-corrected chi connectivity index (χ3v) is 6.95. The monoisotopic (exact) mass is 416 g/mol. The highest BCUT2D eigenvalue weighted by Gasteiger charge is 2.32. The van der Waals surface area contributed by atoms with Crippen LogP contribution >= 0.6 is 0 Å². The molecule has 2 aliphatic heterocycles. The van der Waals surface area contributed by atoms with Crippen LogP contribution in [0.4, 0.5) is 5.69 Å². The van der Waals surface area contributed by atoms with Crippen LogP contribution in [0, 0.1) is 13.8 Å². The SMILES string of the molecule is Cc1cn2nc(C3Cc4ccc(N5CCN(C6CC6)CC5)cc4C(=O)N3)cc2c(C)n1. The molecule has 1 unspecified atom stereocenters. The molecular formula is C24H28N6O. The maximum atomic E-state index is 13.0. The van der Waals surface area contributed by atoms with E-state index in [0.29, 0.717) is 0 Å². The topological polar surface area (TPSA) is 65.8 Å². The van der Waals surface area contributed by atoms with E-state index in [9.17, 15) is 4.79 Å². The van der Waals surface area contributed by atoms with Crippen LogP contribution < -0.4 is 10.2 Å². The summed E-state index contributed by atoms with van der Waals surface area (Å²) in [7, 11) is 0. The number of nitrogens with one attached hydrogen (secondary N) is 1. The van der Waals surface area contributed by atoms with E-state index in [4.69, 9.17) is 5.10 Å². The quantitative estimate of drug-likeness (QED) is 0.711. The average molecular weight is 417 g/mol. The Bertz CT molecular complexity index is 1170. The van der Waals surface area contributed by atoms with E-state index in [0.717, 1.165) is 78.1 Å². The molecular weight excluding hydrogens is 388 g/mol. The Labute approximate surface area is 182 Å². The molecule has 0 radical (unpaired) electrons. The van der Waals surface area contributed by atoms with Crippen molar-refractivity contribution in [2.75, 3.05) is 31.1 Å². The van der Waals surface area contributed by atoms with Crippen LogP contribution in [0.15, 0.2) is 30.5 Å².